The van der Waals surface area contributed by atoms with E-state index in [-0.39, 0.29) is 5.91 Å². The third-order valence-corrected chi connectivity index (χ3v) is 5.86. The molecule has 0 radical (unpaired) electrons. The third kappa shape index (κ3) is 2.95. The normalized spacial score (nSPS) is 13.8. The van der Waals surface area contributed by atoms with Crippen LogP contribution >= 0.6 is 0 Å². The summed E-state index contributed by atoms with van der Waals surface area (Å²) in [5.74, 6) is 0.142. The number of pyridine rings is 1. The highest BCUT2D eigenvalue weighted by molar-refractivity contribution is 5.94. The fourth-order valence-electron chi connectivity index (χ4n) is 4.36. The van der Waals surface area contributed by atoms with E-state index in [1.807, 2.05) is 46.7 Å². The van der Waals surface area contributed by atoms with Gasteiger partial charge in [-0.2, -0.15) is 5.10 Å². The monoisotopic (exact) mass is 385 g/mol. The van der Waals surface area contributed by atoms with Crippen molar-refractivity contribution in [3.63, 3.8) is 0 Å². The standard InChI is InChI=1S/C23H23N5O/c1-15-17(16(2)28-23(25-15)18-7-3-4-8-19(18)26-28)11-12-22(29)27-14-6-9-20-21(27)10-5-13-24-20/h3-5,7-8,10,13H,6,9,11-12,14H2,1-2H3. The maximum atomic E-state index is 13.0. The molecule has 0 saturated carbocycles. The van der Waals surface area contributed by atoms with Gasteiger partial charge in [-0.1, -0.05) is 12.1 Å². The maximum Gasteiger partial charge on any atom is 0.227 e. The number of rotatable bonds is 3. The molecule has 0 fully saturated rings. The van der Waals surface area contributed by atoms with Crippen molar-refractivity contribution in [1.82, 2.24) is 19.6 Å². The van der Waals surface area contributed by atoms with E-state index in [1.54, 1.807) is 6.20 Å². The minimum absolute atomic E-state index is 0.142. The molecule has 1 amide bonds. The number of carbonyl (C=O) groups excluding carboxylic acids is 1. The van der Waals surface area contributed by atoms with E-state index in [9.17, 15) is 4.79 Å². The number of hydrogen-bond donors (Lipinski definition) is 0. The van der Waals surface area contributed by atoms with E-state index in [1.165, 1.54) is 0 Å². The van der Waals surface area contributed by atoms with Crippen LogP contribution < -0.4 is 4.90 Å². The topological polar surface area (TPSA) is 63.4 Å². The highest BCUT2D eigenvalue weighted by Gasteiger charge is 2.23. The highest BCUT2D eigenvalue weighted by atomic mass is 16.2. The minimum atomic E-state index is 0.142. The van der Waals surface area contributed by atoms with Crippen molar-refractivity contribution in [3.8, 4) is 0 Å². The summed E-state index contributed by atoms with van der Waals surface area (Å²) in [5.41, 5.74) is 6.91. The molecule has 0 atom stereocenters. The van der Waals surface area contributed by atoms with Gasteiger partial charge in [0.05, 0.1) is 16.9 Å². The smallest absolute Gasteiger partial charge is 0.227 e. The van der Waals surface area contributed by atoms with Crippen molar-refractivity contribution >= 4 is 28.1 Å². The number of hydrogen-bond acceptors (Lipinski definition) is 4. The average molecular weight is 385 g/mol. The molecule has 0 unspecified atom stereocenters. The lowest BCUT2D eigenvalue weighted by molar-refractivity contribution is -0.118. The van der Waals surface area contributed by atoms with Gasteiger partial charge in [0.2, 0.25) is 5.91 Å². The van der Waals surface area contributed by atoms with Crippen molar-refractivity contribution in [3.05, 3.63) is 65.2 Å². The van der Waals surface area contributed by atoms with Gasteiger partial charge in [0, 0.05) is 35.9 Å². The lowest BCUT2D eigenvalue weighted by atomic mass is 10.0. The molecule has 1 aromatic carbocycles. The third-order valence-electron chi connectivity index (χ3n) is 5.86. The molecule has 5 rings (SSSR count). The Morgan fingerprint density at radius 2 is 2.00 bits per heavy atom. The van der Waals surface area contributed by atoms with Crippen LogP contribution in [0.4, 0.5) is 5.69 Å². The molecule has 0 N–H and O–H groups in total. The number of nitrogens with zero attached hydrogens (tertiary/aromatic N) is 5. The summed E-state index contributed by atoms with van der Waals surface area (Å²) in [6, 6.07) is 12.0. The Morgan fingerprint density at radius 1 is 1.14 bits per heavy atom. The molecule has 0 spiro atoms. The first-order chi connectivity index (χ1) is 14.1. The Hall–Kier alpha value is -3.28. The Morgan fingerprint density at radius 3 is 2.90 bits per heavy atom. The van der Waals surface area contributed by atoms with Crippen LogP contribution in [-0.4, -0.2) is 32.0 Å². The fraction of sp³-hybridized carbons (Fsp3) is 0.304. The van der Waals surface area contributed by atoms with E-state index < -0.39 is 0 Å². The lowest BCUT2D eigenvalue weighted by Crippen LogP contribution is -2.36. The molecule has 4 heterocycles. The molecule has 0 saturated heterocycles. The minimum Gasteiger partial charge on any atom is -0.311 e. The van der Waals surface area contributed by atoms with Gasteiger partial charge in [0.25, 0.3) is 0 Å². The summed E-state index contributed by atoms with van der Waals surface area (Å²) in [6.45, 7) is 4.85. The lowest BCUT2D eigenvalue weighted by Gasteiger charge is -2.28. The number of benzene rings is 1. The summed E-state index contributed by atoms with van der Waals surface area (Å²) < 4.78 is 1.91. The summed E-state index contributed by atoms with van der Waals surface area (Å²) in [6.07, 6.45) is 4.80. The second-order valence-electron chi connectivity index (χ2n) is 7.63. The Labute approximate surface area is 169 Å². The van der Waals surface area contributed by atoms with Crippen LogP contribution in [0.15, 0.2) is 42.6 Å². The Kier molecular flexibility index (Phi) is 4.27. The summed E-state index contributed by atoms with van der Waals surface area (Å²) >= 11 is 0. The number of fused-ring (bicyclic) bond motifs is 4. The fourth-order valence-corrected chi connectivity index (χ4v) is 4.36. The largest absolute Gasteiger partial charge is 0.311 e. The van der Waals surface area contributed by atoms with Gasteiger partial charge in [-0.25, -0.2) is 9.50 Å². The zero-order valence-corrected chi connectivity index (χ0v) is 16.7. The van der Waals surface area contributed by atoms with E-state index >= 15 is 0 Å². The first-order valence-corrected chi connectivity index (χ1v) is 10.1. The predicted molar refractivity (Wildman–Crippen MR) is 113 cm³/mol. The van der Waals surface area contributed by atoms with Crippen molar-refractivity contribution in [2.24, 2.45) is 0 Å². The molecular weight excluding hydrogens is 362 g/mol. The van der Waals surface area contributed by atoms with Crippen molar-refractivity contribution in [2.45, 2.75) is 39.5 Å². The van der Waals surface area contributed by atoms with Gasteiger partial charge in [-0.3, -0.25) is 9.78 Å². The quantitative estimate of drug-likeness (QED) is 0.538. The first-order valence-electron chi connectivity index (χ1n) is 10.1. The SMILES string of the molecule is Cc1nc2c3ccccc3nn2c(C)c1CCC(=O)N1CCCc2ncccc21. The number of carbonyl (C=O) groups is 1. The number of amides is 1. The van der Waals surface area contributed by atoms with Gasteiger partial charge in [-0.05, 0) is 62.9 Å². The van der Waals surface area contributed by atoms with Gasteiger partial charge in [0.15, 0.2) is 5.65 Å². The molecule has 1 aliphatic rings. The predicted octanol–water partition coefficient (Wildman–Crippen LogP) is 3.81. The van der Waals surface area contributed by atoms with Crippen LogP contribution in [0.2, 0.25) is 0 Å². The van der Waals surface area contributed by atoms with Crippen LogP contribution in [0.25, 0.3) is 16.6 Å². The molecular formula is C23H23N5O. The number of aryl methyl sites for hydroxylation is 3. The van der Waals surface area contributed by atoms with Crippen molar-refractivity contribution in [2.75, 3.05) is 11.4 Å². The van der Waals surface area contributed by atoms with E-state index in [0.717, 1.165) is 64.3 Å². The van der Waals surface area contributed by atoms with Crippen LogP contribution in [-0.2, 0) is 17.6 Å². The summed E-state index contributed by atoms with van der Waals surface area (Å²) in [4.78, 5) is 24.2. The van der Waals surface area contributed by atoms with Crippen LogP contribution in [0, 0.1) is 13.8 Å². The van der Waals surface area contributed by atoms with Gasteiger partial charge < -0.3 is 4.90 Å². The van der Waals surface area contributed by atoms with Gasteiger partial charge in [-0.15, -0.1) is 0 Å². The number of anilines is 1. The average Bonchev–Trinajstić information content (AvgIpc) is 3.12. The van der Waals surface area contributed by atoms with Gasteiger partial charge in [0.1, 0.15) is 0 Å². The van der Waals surface area contributed by atoms with E-state index in [2.05, 4.69) is 18.0 Å². The van der Waals surface area contributed by atoms with Crippen LogP contribution in [0.3, 0.4) is 0 Å². The molecule has 29 heavy (non-hydrogen) atoms. The van der Waals surface area contributed by atoms with E-state index in [0.29, 0.717) is 12.8 Å². The summed E-state index contributed by atoms with van der Waals surface area (Å²) in [7, 11) is 0. The van der Waals surface area contributed by atoms with Crippen LogP contribution in [0.5, 0.6) is 0 Å². The second kappa shape index (κ2) is 6.95. The first kappa shape index (κ1) is 17.8. The maximum absolute atomic E-state index is 13.0. The van der Waals surface area contributed by atoms with Crippen molar-refractivity contribution < 1.29 is 4.79 Å². The molecule has 146 valence electrons. The highest BCUT2D eigenvalue weighted by Crippen LogP contribution is 2.27. The molecule has 4 aromatic rings. The molecule has 1 aliphatic heterocycles. The zero-order valence-electron chi connectivity index (χ0n) is 16.7. The van der Waals surface area contributed by atoms with E-state index in [4.69, 9.17) is 10.1 Å². The second-order valence-corrected chi connectivity index (χ2v) is 7.63. The molecule has 6 nitrogen and oxygen atoms in total. The van der Waals surface area contributed by atoms with Crippen molar-refractivity contribution in [1.29, 1.82) is 0 Å². The molecule has 0 aliphatic carbocycles. The van der Waals surface area contributed by atoms with Gasteiger partial charge >= 0.3 is 0 Å². The summed E-state index contributed by atoms with van der Waals surface area (Å²) in [5, 5.41) is 5.77. The molecule has 6 heteroatoms. The molecule has 0 bridgehead atoms. The number of aromatic nitrogens is 4. The molecule has 3 aromatic heterocycles. The Balaban J connectivity index is 1.44. The Bertz CT molecular complexity index is 1240. The van der Waals surface area contributed by atoms with Crippen LogP contribution in [0.1, 0.15) is 35.5 Å². The zero-order chi connectivity index (χ0) is 20.0.